The summed E-state index contributed by atoms with van der Waals surface area (Å²) < 4.78 is 22.3. The van der Waals surface area contributed by atoms with Gasteiger partial charge in [0, 0.05) is 31.3 Å². The van der Waals surface area contributed by atoms with Gasteiger partial charge in [0.2, 0.25) is 0 Å². The fourth-order valence-corrected chi connectivity index (χ4v) is 5.49. The van der Waals surface area contributed by atoms with Crippen molar-refractivity contribution in [1.29, 1.82) is 0 Å². The zero-order chi connectivity index (χ0) is 30.9. The molecule has 234 valence electrons. The second kappa shape index (κ2) is 15.8. The smallest absolute Gasteiger partial charge is 0.404 e. The molecule has 0 spiro atoms. The molecular formula is C31H51NO9. The molecule has 10 nitrogen and oxygen atoms in total. The SMILES string of the molecule is CCC(OC)C(C)C1OC1C(O)C(C)/C=C/C=C(\C)C1OC(=O)CC(O)CCC(C)(O)C(OC(N)=O)C/C=C/C1C. The number of carbonyl (C=O) groups excluding carboxylic acids is 2. The highest BCUT2D eigenvalue weighted by Crippen LogP contribution is 2.37. The van der Waals surface area contributed by atoms with Crippen LogP contribution in [0.4, 0.5) is 4.79 Å². The number of hydrogen-bond acceptors (Lipinski definition) is 9. The summed E-state index contributed by atoms with van der Waals surface area (Å²) in [5, 5.41) is 32.1. The summed E-state index contributed by atoms with van der Waals surface area (Å²) in [5.74, 6) is -0.813. The van der Waals surface area contributed by atoms with Gasteiger partial charge in [-0.05, 0) is 38.7 Å². The highest BCUT2D eigenvalue weighted by molar-refractivity contribution is 5.70. The quantitative estimate of drug-likeness (QED) is 0.131. The number of nitrogens with two attached hydrogens (primary N) is 1. The number of ether oxygens (including phenoxy) is 4. The standard InChI is InChI=1S/C31H51NO9/c1-8-23(38-7)21(5)28-29(41-28)26(35)18(2)11-9-12-19(3)27-20(4)13-10-14-24(39-30(32)36)31(6,37)16-15-22(33)17-25(34)40-27/h9-13,18,20-24,26-29,33,35,37H,8,14-17H2,1-7H3,(H2,32,36)/b11-9+,13-10+,19-12+. The van der Waals surface area contributed by atoms with Gasteiger partial charge in [-0.15, -0.1) is 0 Å². The monoisotopic (exact) mass is 581 g/mol. The van der Waals surface area contributed by atoms with Crippen molar-refractivity contribution in [3.8, 4) is 0 Å². The maximum Gasteiger partial charge on any atom is 0.404 e. The van der Waals surface area contributed by atoms with Gasteiger partial charge in [-0.3, -0.25) is 4.79 Å². The molecule has 41 heavy (non-hydrogen) atoms. The first kappa shape index (κ1) is 35.0. The van der Waals surface area contributed by atoms with Crippen molar-refractivity contribution in [2.24, 2.45) is 23.5 Å². The van der Waals surface area contributed by atoms with Gasteiger partial charge in [-0.25, -0.2) is 4.79 Å². The predicted molar refractivity (Wildman–Crippen MR) is 155 cm³/mol. The Kier molecular flexibility index (Phi) is 13.5. The minimum absolute atomic E-state index is 0.0393. The Morgan fingerprint density at radius 2 is 2.00 bits per heavy atom. The van der Waals surface area contributed by atoms with E-state index in [1.54, 1.807) is 13.2 Å². The maximum atomic E-state index is 12.7. The number of methoxy groups -OCH3 is 1. The molecule has 1 saturated heterocycles. The zero-order valence-corrected chi connectivity index (χ0v) is 25.6. The number of esters is 1. The number of rotatable bonds is 10. The van der Waals surface area contributed by atoms with E-state index in [-0.39, 0.29) is 61.7 Å². The van der Waals surface area contributed by atoms with Gasteiger partial charge in [0.05, 0.1) is 36.4 Å². The molecule has 0 radical (unpaired) electrons. The number of aliphatic hydroxyl groups is 3. The van der Waals surface area contributed by atoms with Crippen molar-refractivity contribution in [3.63, 3.8) is 0 Å². The highest BCUT2D eigenvalue weighted by Gasteiger charge is 2.50. The lowest BCUT2D eigenvalue weighted by atomic mass is 9.89. The first-order valence-electron chi connectivity index (χ1n) is 14.7. The predicted octanol–water partition coefficient (Wildman–Crippen LogP) is 3.57. The second-order valence-corrected chi connectivity index (χ2v) is 11.9. The average molecular weight is 582 g/mol. The van der Waals surface area contributed by atoms with Crippen LogP contribution in [-0.4, -0.2) is 82.8 Å². The molecule has 2 heterocycles. The topological polar surface area (TPSA) is 161 Å². The zero-order valence-electron chi connectivity index (χ0n) is 25.6. The molecule has 2 rings (SSSR count). The lowest BCUT2D eigenvalue weighted by Crippen LogP contribution is -2.43. The van der Waals surface area contributed by atoms with E-state index in [2.05, 4.69) is 13.8 Å². The van der Waals surface area contributed by atoms with Gasteiger partial charge in [0.1, 0.15) is 18.3 Å². The molecule has 0 aromatic rings. The third kappa shape index (κ3) is 10.5. The normalized spacial score (nSPS) is 35.7. The van der Waals surface area contributed by atoms with Crippen LogP contribution in [0.25, 0.3) is 0 Å². The molecule has 1 fully saturated rings. The molecule has 0 aromatic carbocycles. The van der Waals surface area contributed by atoms with E-state index in [9.17, 15) is 24.9 Å². The summed E-state index contributed by atoms with van der Waals surface area (Å²) in [7, 11) is 1.69. The van der Waals surface area contributed by atoms with Crippen molar-refractivity contribution in [2.45, 2.75) is 122 Å². The van der Waals surface area contributed by atoms with Gasteiger partial charge in [-0.1, -0.05) is 58.1 Å². The molecular weight excluding hydrogens is 530 g/mol. The van der Waals surface area contributed by atoms with E-state index in [0.717, 1.165) is 12.0 Å². The summed E-state index contributed by atoms with van der Waals surface area (Å²) in [5.41, 5.74) is 4.54. The summed E-state index contributed by atoms with van der Waals surface area (Å²) in [6.45, 7) is 11.3. The highest BCUT2D eigenvalue weighted by atomic mass is 16.6. The summed E-state index contributed by atoms with van der Waals surface area (Å²) in [4.78, 5) is 24.1. The van der Waals surface area contributed by atoms with Crippen LogP contribution in [0.2, 0.25) is 0 Å². The van der Waals surface area contributed by atoms with E-state index in [0.29, 0.717) is 0 Å². The van der Waals surface area contributed by atoms with Crippen LogP contribution in [-0.2, 0) is 23.7 Å². The van der Waals surface area contributed by atoms with Crippen LogP contribution >= 0.6 is 0 Å². The molecule has 0 bridgehead atoms. The first-order valence-corrected chi connectivity index (χ1v) is 14.7. The molecule has 0 saturated carbocycles. The molecule has 10 heteroatoms. The first-order chi connectivity index (χ1) is 19.2. The van der Waals surface area contributed by atoms with Gasteiger partial charge in [-0.2, -0.15) is 0 Å². The van der Waals surface area contributed by atoms with Gasteiger partial charge >= 0.3 is 12.1 Å². The number of carbonyl (C=O) groups is 2. The van der Waals surface area contributed by atoms with Crippen molar-refractivity contribution in [2.75, 3.05) is 7.11 Å². The fraction of sp³-hybridized carbons (Fsp3) is 0.742. The van der Waals surface area contributed by atoms with Crippen LogP contribution in [0.3, 0.4) is 0 Å². The van der Waals surface area contributed by atoms with Gasteiger partial charge in [0.15, 0.2) is 0 Å². The van der Waals surface area contributed by atoms with Crippen molar-refractivity contribution < 1.29 is 43.9 Å². The summed E-state index contributed by atoms with van der Waals surface area (Å²) in [6.07, 6.45) is 5.78. The molecule has 11 atom stereocenters. The Bertz CT molecular complexity index is 942. The van der Waals surface area contributed by atoms with E-state index in [4.69, 9.17) is 24.7 Å². The van der Waals surface area contributed by atoms with E-state index in [1.165, 1.54) is 6.92 Å². The third-order valence-corrected chi connectivity index (χ3v) is 8.33. The second-order valence-electron chi connectivity index (χ2n) is 11.9. The third-order valence-electron chi connectivity index (χ3n) is 8.33. The number of epoxide rings is 1. The number of amides is 1. The van der Waals surface area contributed by atoms with Crippen molar-refractivity contribution in [1.82, 2.24) is 0 Å². The van der Waals surface area contributed by atoms with Gasteiger partial charge in [0.25, 0.3) is 0 Å². The molecule has 1 amide bonds. The van der Waals surface area contributed by atoms with Crippen LogP contribution in [0.1, 0.15) is 73.6 Å². The molecule has 0 aromatic heterocycles. The Labute approximate surface area is 244 Å². The number of primary amides is 1. The number of allylic oxidation sites excluding steroid dienone is 2. The molecule has 11 unspecified atom stereocenters. The minimum Gasteiger partial charge on any atom is -0.457 e. The lowest BCUT2D eigenvalue weighted by Gasteiger charge is -2.32. The van der Waals surface area contributed by atoms with Crippen molar-refractivity contribution >= 4 is 12.1 Å². The Morgan fingerprint density at radius 3 is 2.61 bits per heavy atom. The Hall–Kier alpha value is -2.24. The van der Waals surface area contributed by atoms with E-state index >= 15 is 0 Å². The Morgan fingerprint density at radius 1 is 1.32 bits per heavy atom. The average Bonchev–Trinajstić information content (AvgIpc) is 3.70. The van der Waals surface area contributed by atoms with Crippen molar-refractivity contribution in [3.05, 3.63) is 36.0 Å². The summed E-state index contributed by atoms with van der Waals surface area (Å²) in [6, 6.07) is 0. The molecule has 5 N–H and O–H groups in total. The van der Waals surface area contributed by atoms with Crippen LogP contribution < -0.4 is 5.73 Å². The summed E-state index contributed by atoms with van der Waals surface area (Å²) >= 11 is 0. The van der Waals surface area contributed by atoms with Gasteiger partial charge < -0.3 is 40.0 Å². The van der Waals surface area contributed by atoms with Crippen LogP contribution in [0.5, 0.6) is 0 Å². The largest absolute Gasteiger partial charge is 0.457 e. The minimum atomic E-state index is -1.45. The van der Waals surface area contributed by atoms with Crippen LogP contribution in [0, 0.1) is 17.8 Å². The number of hydrogen-bond donors (Lipinski definition) is 4. The Balaban J connectivity index is 2.14. The van der Waals surface area contributed by atoms with E-state index < -0.39 is 42.1 Å². The molecule has 0 aliphatic carbocycles. The molecule has 2 aliphatic rings. The van der Waals surface area contributed by atoms with Crippen LogP contribution in [0.15, 0.2) is 36.0 Å². The lowest BCUT2D eigenvalue weighted by molar-refractivity contribution is -0.151. The molecule has 2 aliphatic heterocycles. The number of cyclic esters (lactones) is 1. The van der Waals surface area contributed by atoms with E-state index in [1.807, 2.05) is 45.1 Å². The fourth-order valence-electron chi connectivity index (χ4n) is 5.49. The number of aliphatic hydroxyl groups excluding tert-OH is 2. The maximum absolute atomic E-state index is 12.7.